The van der Waals surface area contributed by atoms with Crippen molar-refractivity contribution in [3.05, 3.63) is 210 Å². The van der Waals surface area contributed by atoms with E-state index in [1.54, 1.807) is 61.1 Å². The summed E-state index contributed by atoms with van der Waals surface area (Å²) in [6.07, 6.45) is -4.84. The quantitative estimate of drug-likeness (QED) is 0.0237. The van der Waals surface area contributed by atoms with E-state index in [4.69, 9.17) is 38.3 Å². The summed E-state index contributed by atoms with van der Waals surface area (Å²) in [6.45, 7) is 18.5. The summed E-state index contributed by atoms with van der Waals surface area (Å²) < 4.78 is 69.3. The van der Waals surface area contributed by atoms with Crippen LogP contribution in [0.4, 0.5) is 25.1 Å². The molecule has 31 heteroatoms. The molecule has 4 aromatic heterocycles. The SMILES string of the molecule is Cc1cc(C(=O)OCC(=O)OCC2CN(C(c3ccccc3)(c3ccccc3)c3ccccc3)CC(n3cnc4c(=O)[nH]c(NC(=O)C(C)C)nc43)O2)cc(C)c1C.Cc1cc(C(=O)OCC(=O)OCC2CNCC(n3cnc4c(=O)[nH]c(NC(=O)C(C)C)nc43)O2)cc(C)c1C.O=C(O)C(F)(F)F. The Balaban J connectivity index is 0.000000235. The number of nitrogens with one attached hydrogen (secondary N) is 5. The van der Waals surface area contributed by atoms with Crippen molar-refractivity contribution in [3.8, 4) is 0 Å². The third-order valence-electron chi connectivity index (χ3n) is 17.3. The van der Waals surface area contributed by atoms with Gasteiger partial charge in [0.25, 0.3) is 11.1 Å². The Labute approximate surface area is 593 Å². The summed E-state index contributed by atoms with van der Waals surface area (Å²) in [5, 5.41) is 15.6. The molecule has 0 saturated carbocycles. The fourth-order valence-corrected chi connectivity index (χ4v) is 11.5. The summed E-state index contributed by atoms with van der Waals surface area (Å²) in [6, 6.07) is 37.4. The molecule has 0 aliphatic carbocycles. The number of hydrogen-bond acceptors (Lipinski definition) is 21. The Morgan fingerprint density at radius 3 is 1.32 bits per heavy atom. The molecular formula is C73H79F3N12O16. The van der Waals surface area contributed by atoms with Gasteiger partial charge in [-0.05, 0) is 116 Å². The van der Waals surface area contributed by atoms with Gasteiger partial charge in [0, 0.05) is 38.0 Å². The van der Waals surface area contributed by atoms with Gasteiger partial charge in [0.15, 0.2) is 35.5 Å². The number of aromatic nitrogens is 8. The van der Waals surface area contributed by atoms with Crippen LogP contribution in [0.25, 0.3) is 22.3 Å². The molecule has 2 saturated heterocycles. The van der Waals surface area contributed by atoms with Crippen molar-refractivity contribution in [2.24, 2.45) is 11.8 Å². The second kappa shape index (κ2) is 33.7. The van der Waals surface area contributed by atoms with E-state index >= 15 is 0 Å². The highest BCUT2D eigenvalue weighted by atomic mass is 19.4. The molecule has 2 amide bonds. The summed E-state index contributed by atoms with van der Waals surface area (Å²) in [5.74, 6) is -6.71. The molecule has 6 heterocycles. The molecule has 9 aromatic rings. The number of H-pyrrole nitrogens is 2. The standard InChI is InChI=1S/C45H46N6O7.C26H32N6O7.C2HF3O2/c1-28(2)41(53)48-44-47-40-39(42(54)49-44)46-27-51(40)37-24-50(23-36(58-37)25-56-38(52)26-57-43(55)32-21-29(3)31(5)30(4)22-32)45(33-15-9-6-10-16-33,34-17-11-7-12-18-34)35-19-13-8-14-20-35;1-13(2)23(34)30-26-29-22-21(24(35)31-26)28-12-32(22)19-9-27-8-18(39-19)10-37-20(33)11-38-25(36)17-6-14(3)16(5)15(4)7-17;3-2(4,5)1(6)7/h6-22,27-28,36-37H,23-26H2,1-5H3,(H2,47,48,49,53,54);6-7,12-13,18-19,27H,8-11H2,1-5H3,(H2,29,30,31,34,35);(H,6,7). The van der Waals surface area contributed by atoms with E-state index in [1.165, 1.54) is 12.7 Å². The van der Waals surface area contributed by atoms with Gasteiger partial charge in [0.1, 0.15) is 37.9 Å². The number of anilines is 2. The maximum Gasteiger partial charge on any atom is 0.490 e. The normalized spacial score (nSPS) is 16.1. The minimum atomic E-state index is -5.08. The van der Waals surface area contributed by atoms with Crippen LogP contribution in [0.1, 0.15) is 111 Å². The number of aliphatic carboxylic acids is 1. The Morgan fingerprint density at radius 2 is 0.933 bits per heavy atom. The van der Waals surface area contributed by atoms with Gasteiger partial charge in [0.2, 0.25) is 23.7 Å². The van der Waals surface area contributed by atoms with Gasteiger partial charge in [-0.25, -0.2) is 33.9 Å². The van der Waals surface area contributed by atoms with Gasteiger partial charge >= 0.3 is 36.0 Å². The molecule has 104 heavy (non-hydrogen) atoms. The molecule has 2 fully saturated rings. The third-order valence-corrected chi connectivity index (χ3v) is 17.3. The van der Waals surface area contributed by atoms with E-state index in [2.05, 4.69) is 87.2 Å². The number of aryl methyl sites for hydroxylation is 4. The first kappa shape index (κ1) is 76.9. The average Bonchev–Trinajstić information content (AvgIpc) is 0.921. The average molecular weight is 1440 g/mol. The van der Waals surface area contributed by atoms with Crippen LogP contribution >= 0.6 is 0 Å². The zero-order chi connectivity index (χ0) is 75.3. The number of amides is 2. The predicted molar refractivity (Wildman–Crippen MR) is 372 cm³/mol. The van der Waals surface area contributed by atoms with E-state index in [0.717, 1.165) is 50.1 Å². The number of rotatable bonds is 20. The minimum Gasteiger partial charge on any atom is -0.475 e. The molecule has 0 radical (unpaired) electrons. The molecule has 4 unspecified atom stereocenters. The molecular weight excluding hydrogens is 1360 g/mol. The van der Waals surface area contributed by atoms with Crippen molar-refractivity contribution in [1.29, 1.82) is 0 Å². The van der Waals surface area contributed by atoms with Crippen LogP contribution in [0.15, 0.2) is 138 Å². The largest absolute Gasteiger partial charge is 0.490 e. The number of imidazole rings is 2. The van der Waals surface area contributed by atoms with Crippen molar-refractivity contribution in [3.63, 3.8) is 0 Å². The lowest BCUT2D eigenvalue weighted by Crippen LogP contribution is -2.57. The van der Waals surface area contributed by atoms with Crippen LogP contribution in [-0.4, -0.2) is 162 Å². The van der Waals surface area contributed by atoms with E-state index in [-0.39, 0.29) is 77.6 Å². The van der Waals surface area contributed by atoms with E-state index in [0.29, 0.717) is 30.8 Å². The van der Waals surface area contributed by atoms with E-state index in [1.807, 2.05) is 96.1 Å². The number of carbonyl (C=O) groups excluding carboxylic acids is 6. The summed E-state index contributed by atoms with van der Waals surface area (Å²) in [5.41, 5.74) is 8.35. The molecule has 28 nitrogen and oxygen atoms in total. The summed E-state index contributed by atoms with van der Waals surface area (Å²) in [7, 11) is 0. The lowest BCUT2D eigenvalue weighted by atomic mass is 9.75. The zero-order valence-electron chi connectivity index (χ0n) is 58.6. The van der Waals surface area contributed by atoms with Crippen LogP contribution in [0.5, 0.6) is 0 Å². The highest BCUT2D eigenvalue weighted by Crippen LogP contribution is 2.45. The predicted octanol–water partition coefficient (Wildman–Crippen LogP) is 8.39. The van der Waals surface area contributed by atoms with Gasteiger partial charge < -0.3 is 38.8 Å². The van der Waals surface area contributed by atoms with Crippen LogP contribution in [0, 0.1) is 53.4 Å². The number of halogens is 3. The maximum atomic E-state index is 13.2. The van der Waals surface area contributed by atoms with Gasteiger partial charge in [-0.1, -0.05) is 119 Å². The second-order valence-electron chi connectivity index (χ2n) is 25.4. The molecule has 6 N–H and O–H groups in total. The minimum absolute atomic E-state index is 0.00713. The molecule has 5 aromatic carbocycles. The van der Waals surface area contributed by atoms with Crippen LogP contribution in [-0.2, 0) is 57.9 Å². The first-order valence-corrected chi connectivity index (χ1v) is 33.0. The highest BCUT2D eigenvalue weighted by Gasteiger charge is 2.47. The number of nitrogens with zero attached hydrogens (tertiary/aromatic N) is 7. The van der Waals surface area contributed by atoms with Crippen molar-refractivity contribution in [2.45, 2.75) is 106 Å². The van der Waals surface area contributed by atoms with E-state index in [9.17, 15) is 51.5 Å². The van der Waals surface area contributed by atoms with Gasteiger partial charge in [-0.3, -0.25) is 53.8 Å². The lowest BCUT2D eigenvalue weighted by molar-refractivity contribution is -0.192. The fraction of sp³-hybridized carbons (Fsp3) is 0.356. The maximum absolute atomic E-state index is 13.2. The van der Waals surface area contributed by atoms with Crippen LogP contribution in [0.3, 0.4) is 0 Å². The topological polar surface area (TPSA) is 362 Å². The van der Waals surface area contributed by atoms with Crippen LogP contribution in [0.2, 0.25) is 0 Å². The van der Waals surface area contributed by atoms with Gasteiger partial charge in [0.05, 0.1) is 29.3 Å². The van der Waals surface area contributed by atoms with Crippen LogP contribution < -0.4 is 27.1 Å². The number of ether oxygens (including phenoxy) is 6. The number of carbonyl (C=O) groups is 7. The number of carboxylic acid groups (broad SMARTS) is 1. The van der Waals surface area contributed by atoms with Gasteiger partial charge in [-0.2, -0.15) is 23.1 Å². The summed E-state index contributed by atoms with van der Waals surface area (Å²) >= 11 is 0. The fourth-order valence-electron chi connectivity index (χ4n) is 11.5. The Kier molecular flexibility index (Phi) is 24.9. The van der Waals surface area contributed by atoms with Crippen molar-refractivity contribution < 1.29 is 80.3 Å². The number of fused-ring (bicyclic) bond motifs is 2. The highest BCUT2D eigenvalue weighted by molar-refractivity contribution is 5.93. The van der Waals surface area contributed by atoms with E-state index < -0.39 is 90.6 Å². The number of esters is 4. The summed E-state index contributed by atoms with van der Waals surface area (Å²) in [4.78, 5) is 135. The lowest BCUT2D eigenvalue weighted by Gasteiger charge is -2.50. The Bertz CT molecular complexity index is 4590. The molecule has 2 aliphatic heterocycles. The number of carboxylic acids is 1. The number of hydrogen-bond donors (Lipinski definition) is 6. The number of alkyl halides is 3. The molecule has 0 bridgehead atoms. The number of aromatic amines is 2. The molecule has 0 spiro atoms. The van der Waals surface area contributed by atoms with Crippen molar-refractivity contribution in [2.75, 3.05) is 63.2 Å². The third kappa shape index (κ3) is 18.5. The van der Waals surface area contributed by atoms with Crippen molar-refractivity contribution in [1.82, 2.24) is 49.3 Å². The molecule has 548 valence electrons. The Morgan fingerprint density at radius 1 is 0.558 bits per heavy atom. The molecule has 4 atom stereocenters. The Hall–Kier alpha value is -11.3. The monoisotopic (exact) mass is 1440 g/mol. The molecule has 2 aliphatic rings. The molecule has 11 rings (SSSR count). The number of morpholine rings is 2. The van der Waals surface area contributed by atoms with Gasteiger partial charge in [-0.15, -0.1) is 0 Å². The van der Waals surface area contributed by atoms with Crippen molar-refractivity contribution >= 4 is 75.9 Å². The first-order valence-electron chi connectivity index (χ1n) is 33.0. The number of benzene rings is 5. The second-order valence-corrected chi connectivity index (χ2v) is 25.4. The zero-order valence-corrected chi connectivity index (χ0v) is 58.6. The smallest absolute Gasteiger partial charge is 0.475 e. The first-order chi connectivity index (χ1) is 49.4.